The van der Waals surface area contributed by atoms with Gasteiger partial charge in [-0.05, 0) is 28.1 Å². The molecule has 0 fully saturated rings. The van der Waals surface area contributed by atoms with Gasteiger partial charge in [0.15, 0.2) is 11.5 Å². The lowest BCUT2D eigenvalue weighted by Crippen LogP contribution is -2.04. The van der Waals surface area contributed by atoms with Gasteiger partial charge in [-0.1, -0.05) is 12.1 Å². The molecule has 2 rings (SSSR count). The Morgan fingerprint density at radius 2 is 2.11 bits per heavy atom. The third-order valence-electron chi connectivity index (χ3n) is 2.81. The van der Waals surface area contributed by atoms with Crippen molar-refractivity contribution >= 4 is 27.3 Å². The Bertz CT molecular complexity index is 553. The fourth-order valence-corrected chi connectivity index (χ4v) is 3.43. The second kappa shape index (κ2) is 6.41. The Labute approximate surface area is 124 Å². The Balaban J connectivity index is 2.25. The Morgan fingerprint density at radius 1 is 1.32 bits per heavy atom. The van der Waals surface area contributed by atoms with Crippen LogP contribution in [0.3, 0.4) is 0 Å². The summed E-state index contributed by atoms with van der Waals surface area (Å²) in [5.74, 6) is 1.22. The molecular formula is C14H15BrO3S. The number of thiophene rings is 1. The van der Waals surface area contributed by atoms with Crippen molar-refractivity contribution in [2.75, 3.05) is 14.2 Å². The van der Waals surface area contributed by atoms with Crippen molar-refractivity contribution in [2.24, 2.45) is 0 Å². The van der Waals surface area contributed by atoms with Gasteiger partial charge in [-0.3, -0.25) is 0 Å². The van der Waals surface area contributed by atoms with E-state index in [1.54, 1.807) is 25.6 Å². The van der Waals surface area contributed by atoms with E-state index in [1.807, 2.05) is 29.6 Å². The van der Waals surface area contributed by atoms with E-state index >= 15 is 0 Å². The summed E-state index contributed by atoms with van der Waals surface area (Å²) in [5, 5.41) is 12.4. The predicted molar refractivity (Wildman–Crippen MR) is 80.2 cm³/mol. The minimum atomic E-state index is -0.615. The highest BCUT2D eigenvalue weighted by molar-refractivity contribution is 9.10. The van der Waals surface area contributed by atoms with Gasteiger partial charge in [-0.25, -0.2) is 0 Å². The average molecular weight is 343 g/mol. The normalized spacial score (nSPS) is 12.2. The first-order valence-corrected chi connectivity index (χ1v) is 7.44. The summed E-state index contributed by atoms with van der Waals surface area (Å²) < 4.78 is 11.6. The highest BCUT2D eigenvalue weighted by Gasteiger charge is 2.17. The summed E-state index contributed by atoms with van der Waals surface area (Å²) in [6.45, 7) is 0. The maximum atomic E-state index is 10.4. The molecule has 3 nitrogen and oxygen atoms in total. The van der Waals surface area contributed by atoms with Gasteiger partial charge in [-0.2, -0.15) is 0 Å². The molecule has 1 aromatic carbocycles. The number of halogens is 1. The summed E-state index contributed by atoms with van der Waals surface area (Å²) in [7, 11) is 3.17. The first kappa shape index (κ1) is 14.4. The van der Waals surface area contributed by atoms with E-state index in [-0.39, 0.29) is 0 Å². The van der Waals surface area contributed by atoms with Crippen LogP contribution in [0.1, 0.15) is 16.5 Å². The lowest BCUT2D eigenvalue weighted by Gasteiger charge is -2.16. The molecule has 1 heterocycles. The van der Waals surface area contributed by atoms with Crippen LogP contribution in [-0.2, 0) is 6.42 Å². The predicted octanol–water partition coefficient (Wildman–Crippen LogP) is 3.80. The summed E-state index contributed by atoms with van der Waals surface area (Å²) in [6, 6.07) is 7.54. The summed E-state index contributed by atoms with van der Waals surface area (Å²) >= 11 is 5.03. The second-order valence-corrected chi connectivity index (χ2v) is 5.95. The fourth-order valence-electron chi connectivity index (χ4n) is 1.94. The van der Waals surface area contributed by atoms with Gasteiger partial charge >= 0.3 is 0 Å². The van der Waals surface area contributed by atoms with Crippen LogP contribution in [0.5, 0.6) is 11.5 Å². The van der Waals surface area contributed by atoms with Crippen molar-refractivity contribution in [3.8, 4) is 11.5 Å². The van der Waals surface area contributed by atoms with E-state index in [1.165, 1.54) is 0 Å². The van der Waals surface area contributed by atoms with Crippen molar-refractivity contribution in [1.82, 2.24) is 0 Å². The molecule has 2 aromatic rings. The lowest BCUT2D eigenvalue weighted by atomic mass is 10.0. The van der Waals surface area contributed by atoms with Crippen LogP contribution in [-0.4, -0.2) is 19.3 Å². The maximum Gasteiger partial charge on any atom is 0.166 e. The van der Waals surface area contributed by atoms with Crippen molar-refractivity contribution in [1.29, 1.82) is 0 Å². The van der Waals surface area contributed by atoms with Gasteiger partial charge in [0.05, 0.1) is 20.3 Å². The zero-order valence-corrected chi connectivity index (χ0v) is 13.1. The van der Waals surface area contributed by atoms with Gasteiger partial charge in [0, 0.05) is 26.7 Å². The van der Waals surface area contributed by atoms with E-state index in [0.29, 0.717) is 17.9 Å². The van der Waals surface area contributed by atoms with Crippen molar-refractivity contribution in [3.05, 3.63) is 44.6 Å². The number of aliphatic hydroxyl groups is 1. The molecule has 0 saturated heterocycles. The van der Waals surface area contributed by atoms with Gasteiger partial charge in [0.2, 0.25) is 0 Å². The molecule has 0 bridgehead atoms. The maximum absolute atomic E-state index is 10.4. The fraction of sp³-hybridized carbons (Fsp3) is 0.286. The summed E-state index contributed by atoms with van der Waals surface area (Å²) in [4.78, 5) is 1.12. The van der Waals surface area contributed by atoms with Crippen molar-refractivity contribution in [3.63, 3.8) is 0 Å². The zero-order valence-electron chi connectivity index (χ0n) is 10.7. The van der Waals surface area contributed by atoms with Crippen LogP contribution in [0.15, 0.2) is 34.1 Å². The lowest BCUT2D eigenvalue weighted by molar-refractivity contribution is 0.174. The minimum Gasteiger partial charge on any atom is -0.493 e. The smallest absolute Gasteiger partial charge is 0.166 e. The molecule has 19 heavy (non-hydrogen) atoms. The number of aliphatic hydroxyl groups excluding tert-OH is 1. The topological polar surface area (TPSA) is 38.7 Å². The Morgan fingerprint density at radius 3 is 2.68 bits per heavy atom. The number of para-hydroxylation sites is 1. The Hall–Kier alpha value is -1.04. The third kappa shape index (κ3) is 3.29. The molecule has 1 N–H and O–H groups in total. The largest absolute Gasteiger partial charge is 0.493 e. The average Bonchev–Trinajstić information content (AvgIpc) is 2.82. The molecule has 0 radical (unpaired) electrons. The highest BCUT2D eigenvalue weighted by Crippen LogP contribution is 2.36. The van der Waals surface area contributed by atoms with E-state index in [2.05, 4.69) is 15.9 Å². The number of hydrogen-bond acceptors (Lipinski definition) is 4. The van der Waals surface area contributed by atoms with Crippen LogP contribution in [0.2, 0.25) is 0 Å². The molecule has 0 amide bonds. The minimum absolute atomic E-state index is 0.555. The third-order valence-corrected chi connectivity index (χ3v) is 4.53. The van der Waals surface area contributed by atoms with Gasteiger partial charge in [0.1, 0.15) is 0 Å². The summed E-state index contributed by atoms with van der Waals surface area (Å²) in [6.07, 6.45) is -0.0598. The van der Waals surface area contributed by atoms with Gasteiger partial charge in [0.25, 0.3) is 0 Å². The van der Waals surface area contributed by atoms with E-state index in [0.717, 1.165) is 14.9 Å². The standard InChI is InChI=1S/C14H15BrO3S/c1-17-13-5-3-4-11(14(13)18-2)12(16)7-10-6-9(15)8-19-10/h3-6,8,12,16H,7H2,1-2H3. The number of ether oxygens (including phenoxy) is 2. The van der Waals surface area contributed by atoms with Gasteiger partial charge < -0.3 is 14.6 Å². The molecule has 1 unspecified atom stereocenters. The van der Waals surface area contributed by atoms with Crippen LogP contribution >= 0.6 is 27.3 Å². The SMILES string of the molecule is COc1cccc(C(O)Cc2cc(Br)cs2)c1OC. The molecular weight excluding hydrogens is 328 g/mol. The molecule has 0 aliphatic rings. The van der Waals surface area contributed by atoms with Crippen LogP contribution < -0.4 is 9.47 Å². The Kier molecular flexibility index (Phi) is 4.85. The van der Waals surface area contributed by atoms with Crippen LogP contribution in [0.4, 0.5) is 0 Å². The number of benzene rings is 1. The van der Waals surface area contributed by atoms with E-state index < -0.39 is 6.10 Å². The van der Waals surface area contributed by atoms with E-state index in [4.69, 9.17) is 9.47 Å². The number of methoxy groups -OCH3 is 2. The van der Waals surface area contributed by atoms with Crippen LogP contribution in [0.25, 0.3) is 0 Å². The highest BCUT2D eigenvalue weighted by atomic mass is 79.9. The summed E-state index contributed by atoms with van der Waals surface area (Å²) in [5.41, 5.74) is 0.742. The first-order valence-electron chi connectivity index (χ1n) is 5.77. The molecule has 102 valence electrons. The molecule has 1 aromatic heterocycles. The zero-order chi connectivity index (χ0) is 13.8. The van der Waals surface area contributed by atoms with Crippen molar-refractivity contribution < 1.29 is 14.6 Å². The monoisotopic (exact) mass is 342 g/mol. The van der Waals surface area contributed by atoms with Crippen LogP contribution in [0, 0.1) is 0 Å². The quantitative estimate of drug-likeness (QED) is 0.897. The molecule has 0 aliphatic carbocycles. The number of rotatable bonds is 5. The molecule has 0 saturated carbocycles. The second-order valence-electron chi connectivity index (χ2n) is 4.03. The number of hydrogen-bond donors (Lipinski definition) is 1. The first-order chi connectivity index (χ1) is 9.15. The van der Waals surface area contributed by atoms with E-state index in [9.17, 15) is 5.11 Å². The molecule has 0 spiro atoms. The molecule has 1 atom stereocenters. The molecule has 5 heteroatoms. The molecule has 0 aliphatic heterocycles. The van der Waals surface area contributed by atoms with Gasteiger partial charge in [-0.15, -0.1) is 11.3 Å². The van der Waals surface area contributed by atoms with Crippen molar-refractivity contribution in [2.45, 2.75) is 12.5 Å².